The topological polar surface area (TPSA) is 0 Å². The van der Waals surface area contributed by atoms with Crippen LogP contribution in [0.2, 0.25) is 0 Å². The summed E-state index contributed by atoms with van der Waals surface area (Å²) in [5, 5.41) is 0. The molecule has 0 amide bonds. The van der Waals surface area contributed by atoms with E-state index >= 15 is 0 Å². The fraction of sp³-hybridized carbons (Fsp3) is 1.00. The largest absolute Gasteiger partial charge is 0.762 e. The van der Waals surface area contributed by atoms with Gasteiger partial charge in [0.25, 0.3) is 0 Å². The molecule has 0 N–H and O–H groups in total. The predicted octanol–water partition coefficient (Wildman–Crippen LogP) is 4.73. The van der Waals surface area contributed by atoms with Crippen LogP contribution in [0.4, 0.5) is 17.7 Å². The molecule has 0 radical (unpaired) electrons. The van der Waals surface area contributed by atoms with Crippen LogP contribution >= 0.6 is 7.92 Å². The molecule has 0 saturated carbocycles. The first-order chi connectivity index (χ1) is 6.20. The minimum absolute atomic E-state index is 0. The van der Waals surface area contributed by atoms with Crippen LogP contribution in [0.25, 0.3) is 0 Å². The summed E-state index contributed by atoms with van der Waals surface area (Å²) in [5.74, 6) is 0. The molecule has 0 aliphatic rings. The van der Waals surface area contributed by atoms with Crippen molar-refractivity contribution in [3.05, 3.63) is 0 Å². The Balaban J connectivity index is -0.000000249. The second-order valence-corrected chi connectivity index (χ2v) is 7.97. The van der Waals surface area contributed by atoms with Crippen molar-refractivity contribution >= 4 is 15.5 Å². The van der Waals surface area contributed by atoms with Gasteiger partial charge in [0, 0.05) is 0 Å². The summed E-state index contributed by atoms with van der Waals surface area (Å²) in [7, 11) is -3.40. The standard InChI is InChI=1S/C9H21P.BF3.FH/c1-7(2)10(8(3)4)9(5)6;2-1(3)4;/h7-9H,1-6H3;;1H. The second kappa shape index (κ2) is 10.7. The van der Waals surface area contributed by atoms with Crippen LogP contribution in [0.3, 0.4) is 0 Å². The van der Waals surface area contributed by atoms with Gasteiger partial charge in [0.2, 0.25) is 0 Å². The normalized spacial score (nSPS) is 10.2. The van der Waals surface area contributed by atoms with Gasteiger partial charge in [0.15, 0.2) is 0 Å². The van der Waals surface area contributed by atoms with E-state index in [0.717, 1.165) is 17.0 Å². The Morgan fingerprint density at radius 1 is 0.733 bits per heavy atom. The van der Waals surface area contributed by atoms with Gasteiger partial charge in [-0.05, 0) is 17.0 Å². The Hall–Kier alpha value is 0.215. The monoisotopic (exact) mass is 248 g/mol. The highest BCUT2D eigenvalue weighted by molar-refractivity contribution is 7.59. The molecular formula is C9H22BF4P. The third kappa shape index (κ3) is 14.2. The second-order valence-electron chi connectivity index (χ2n) is 3.98. The molecule has 0 atom stereocenters. The van der Waals surface area contributed by atoms with Crippen molar-refractivity contribution in [2.75, 3.05) is 0 Å². The van der Waals surface area contributed by atoms with Gasteiger partial charge in [0.1, 0.15) is 0 Å². The van der Waals surface area contributed by atoms with Crippen LogP contribution in [-0.4, -0.2) is 24.5 Å². The first kappa shape index (κ1) is 20.6. The average Bonchev–Trinajstić information content (AvgIpc) is 1.80. The lowest BCUT2D eigenvalue weighted by Gasteiger charge is -2.29. The molecule has 0 spiro atoms. The van der Waals surface area contributed by atoms with Crippen molar-refractivity contribution in [2.45, 2.75) is 58.5 Å². The quantitative estimate of drug-likeness (QED) is 0.385. The molecule has 0 aliphatic heterocycles. The van der Waals surface area contributed by atoms with Crippen molar-refractivity contribution < 1.29 is 17.7 Å². The zero-order valence-electron chi connectivity index (χ0n) is 10.3. The van der Waals surface area contributed by atoms with Gasteiger partial charge in [0.05, 0.1) is 0 Å². The summed E-state index contributed by atoms with van der Waals surface area (Å²) in [6.45, 7) is 14.1. The van der Waals surface area contributed by atoms with E-state index in [1.54, 1.807) is 0 Å². The Morgan fingerprint density at radius 3 is 0.867 bits per heavy atom. The fourth-order valence-corrected chi connectivity index (χ4v) is 5.37. The van der Waals surface area contributed by atoms with Crippen molar-refractivity contribution in [1.82, 2.24) is 0 Å². The molecule has 15 heavy (non-hydrogen) atoms. The van der Waals surface area contributed by atoms with Gasteiger partial charge in [-0.1, -0.05) is 49.5 Å². The Bertz CT molecular complexity index is 110. The molecule has 0 aromatic rings. The van der Waals surface area contributed by atoms with Crippen LogP contribution in [0.15, 0.2) is 0 Å². The van der Waals surface area contributed by atoms with Crippen LogP contribution in [0, 0.1) is 0 Å². The summed E-state index contributed by atoms with van der Waals surface area (Å²) >= 11 is 0. The average molecular weight is 248 g/mol. The molecule has 0 heterocycles. The van der Waals surface area contributed by atoms with Crippen molar-refractivity contribution in [1.29, 1.82) is 0 Å². The number of halogens is 4. The summed E-state index contributed by atoms with van der Waals surface area (Å²) in [4.78, 5) is 0. The molecule has 0 bridgehead atoms. The van der Waals surface area contributed by atoms with Crippen molar-refractivity contribution in [3.63, 3.8) is 0 Å². The highest BCUT2D eigenvalue weighted by Crippen LogP contribution is 2.49. The van der Waals surface area contributed by atoms with Gasteiger partial charge >= 0.3 is 7.54 Å². The van der Waals surface area contributed by atoms with Crippen molar-refractivity contribution in [2.24, 2.45) is 0 Å². The smallest absolute Gasteiger partial charge is 0.269 e. The lowest BCUT2D eigenvalue weighted by molar-refractivity contribution is 0.535. The van der Waals surface area contributed by atoms with E-state index in [1.165, 1.54) is 0 Å². The van der Waals surface area contributed by atoms with E-state index in [-0.39, 0.29) is 12.6 Å². The predicted molar refractivity (Wildman–Crippen MR) is 63.9 cm³/mol. The molecule has 0 rings (SSSR count). The molecule has 0 fully saturated rings. The molecular weight excluding hydrogens is 226 g/mol. The minimum Gasteiger partial charge on any atom is -0.269 e. The maximum absolute atomic E-state index is 9.67. The zero-order chi connectivity index (χ0) is 11.9. The lowest BCUT2D eigenvalue weighted by Crippen LogP contribution is -2.10. The van der Waals surface area contributed by atoms with Crippen molar-refractivity contribution in [3.8, 4) is 0 Å². The highest BCUT2D eigenvalue weighted by Gasteiger charge is 2.19. The van der Waals surface area contributed by atoms with Crippen LogP contribution < -0.4 is 0 Å². The van der Waals surface area contributed by atoms with Gasteiger partial charge in [-0.15, -0.1) is 0 Å². The molecule has 0 unspecified atom stereocenters. The van der Waals surface area contributed by atoms with E-state index in [0.29, 0.717) is 0 Å². The number of hydrogen-bond donors (Lipinski definition) is 0. The summed E-state index contributed by atoms with van der Waals surface area (Å²) in [5.41, 5.74) is 2.69. The molecule has 0 aromatic carbocycles. The third-order valence-corrected chi connectivity index (χ3v) is 5.37. The SMILES string of the molecule is CC(C)P(C(C)C)C(C)C.F.FB(F)F. The molecule has 0 aliphatic carbocycles. The maximum Gasteiger partial charge on any atom is 0.762 e. The summed E-state index contributed by atoms with van der Waals surface area (Å²) < 4.78 is 29.0. The van der Waals surface area contributed by atoms with Gasteiger partial charge < -0.3 is 0 Å². The highest BCUT2D eigenvalue weighted by atomic mass is 31.1. The van der Waals surface area contributed by atoms with Crippen LogP contribution in [-0.2, 0) is 0 Å². The van der Waals surface area contributed by atoms with Crippen LogP contribution in [0.5, 0.6) is 0 Å². The van der Waals surface area contributed by atoms with Crippen LogP contribution in [0.1, 0.15) is 41.5 Å². The molecule has 6 heteroatoms. The molecule has 0 saturated heterocycles. The van der Waals surface area contributed by atoms with Gasteiger partial charge in [-0.25, -0.2) is 0 Å². The van der Waals surface area contributed by atoms with E-state index in [1.807, 2.05) is 0 Å². The lowest BCUT2D eigenvalue weighted by atomic mass is 10.5. The molecule has 0 nitrogen and oxygen atoms in total. The zero-order valence-corrected chi connectivity index (χ0v) is 11.2. The molecule has 0 aromatic heterocycles. The minimum atomic E-state index is -3.67. The third-order valence-electron chi connectivity index (χ3n) is 1.79. The maximum atomic E-state index is 9.67. The fourth-order valence-electron chi connectivity index (χ4n) is 1.79. The van der Waals surface area contributed by atoms with Gasteiger partial charge in [-0.2, -0.15) is 0 Å². The van der Waals surface area contributed by atoms with E-state index < -0.39 is 7.54 Å². The molecule has 94 valence electrons. The number of rotatable bonds is 3. The van der Waals surface area contributed by atoms with E-state index in [4.69, 9.17) is 0 Å². The first-order valence-corrected chi connectivity index (χ1v) is 6.44. The summed E-state index contributed by atoms with van der Waals surface area (Å²) in [6.07, 6.45) is 0. The van der Waals surface area contributed by atoms with Gasteiger partial charge in [-0.3, -0.25) is 17.7 Å². The number of hydrogen-bond acceptors (Lipinski definition) is 0. The Morgan fingerprint density at radius 2 is 0.867 bits per heavy atom. The van der Waals surface area contributed by atoms with E-state index in [2.05, 4.69) is 41.5 Å². The first-order valence-electron chi connectivity index (χ1n) is 4.89. The Labute approximate surface area is 92.4 Å². The summed E-state index contributed by atoms with van der Waals surface area (Å²) in [6, 6.07) is 0. The van der Waals surface area contributed by atoms with E-state index in [9.17, 15) is 12.9 Å². The Kier molecular flexibility index (Phi) is 14.7.